The van der Waals surface area contributed by atoms with Crippen molar-refractivity contribution in [3.05, 3.63) is 76.1 Å². The van der Waals surface area contributed by atoms with Gasteiger partial charge in [0.15, 0.2) is 0 Å². The Morgan fingerprint density at radius 1 is 1.00 bits per heavy atom. The van der Waals surface area contributed by atoms with Crippen LogP contribution in [0.4, 0.5) is 32.0 Å². The van der Waals surface area contributed by atoms with Crippen LogP contribution in [0.5, 0.6) is 5.75 Å². The molecule has 1 fully saturated rings. The Morgan fingerprint density at radius 2 is 1.64 bits per heavy atom. The number of carbonyl (C=O) groups is 3. The first-order valence-corrected chi connectivity index (χ1v) is 12.5. The Balaban J connectivity index is 1.54. The SMILES string of the molecule is O=C(CN1C(=O)/C(=C/c2cccc(-c3cc(C(F)(F)F)nc(C(F)(F)F)c3)n2)SC1=S)Nc1ccc(C(=O)O)c(O)c1. The van der Waals surface area contributed by atoms with E-state index < -0.39 is 64.9 Å². The van der Waals surface area contributed by atoms with E-state index in [1.807, 2.05) is 0 Å². The van der Waals surface area contributed by atoms with Gasteiger partial charge in [-0.15, -0.1) is 0 Å². The molecule has 2 amide bonds. The minimum atomic E-state index is -5.16. The zero-order chi connectivity index (χ0) is 31.0. The van der Waals surface area contributed by atoms with Gasteiger partial charge in [0.2, 0.25) is 5.91 Å². The van der Waals surface area contributed by atoms with E-state index in [0.717, 1.165) is 28.8 Å². The number of aromatic carboxylic acids is 1. The number of nitrogens with zero attached hydrogens (tertiary/aromatic N) is 3. The first-order valence-electron chi connectivity index (χ1n) is 11.3. The molecule has 4 rings (SSSR count). The number of carboxylic acids is 1. The summed E-state index contributed by atoms with van der Waals surface area (Å²) in [6.45, 7) is -0.561. The number of hydrogen-bond donors (Lipinski definition) is 3. The van der Waals surface area contributed by atoms with E-state index in [2.05, 4.69) is 15.3 Å². The van der Waals surface area contributed by atoms with Gasteiger partial charge in [0, 0.05) is 17.3 Å². The minimum absolute atomic E-state index is 0.00498. The average molecular weight is 629 g/mol. The topological polar surface area (TPSA) is 133 Å². The number of phenols is 1. The molecule has 218 valence electrons. The van der Waals surface area contributed by atoms with Gasteiger partial charge < -0.3 is 15.5 Å². The number of aromatic nitrogens is 2. The van der Waals surface area contributed by atoms with Gasteiger partial charge in [0.1, 0.15) is 33.6 Å². The summed E-state index contributed by atoms with van der Waals surface area (Å²) in [7, 11) is 0. The van der Waals surface area contributed by atoms with Crippen LogP contribution in [-0.4, -0.2) is 53.7 Å². The normalized spacial score (nSPS) is 14.9. The van der Waals surface area contributed by atoms with Crippen LogP contribution in [0.3, 0.4) is 0 Å². The summed E-state index contributed by atoms with van der Waals surface area (Å²) in [4.78, 5) is 44.1. The van der Waals surface area contributed by atoms with Crippen LogP contribution < -0.4 is 5.32 Å². The molecule has 0 radical (unpaired) electrons. The molecule has 3 N–H and O–H groups in total. The molecule has 2 aromatic heterocycles. The Morgan fingerprint density at radius 3 is 2.21 bits per heavy atom. The zero-order valence-corrected chi connectivity index (χ0v) is 22.1. The summed E-state index contributed by atoms with van der Waals surface area (Å²) in [5, 5.41) is 21.1. The first-order chi connectivity index (χ1) is 19.5. The van der Waals surface area contributed by atoms with Crippen molar-refractivity contribution < 1.29 is 50.9 Å². The Hall–Kier alpha value is -4.51. The first kappa shape index (κ1) is 30.4. The average Bonchev–Trinajstić information content (AvgIpc) is 3.14. The number of benzene rings is 1. The van der Waals surface area contributed by atoms with Gasteiger partial charge in [-0.2, -0.15) is 26.3 Å². The van der Waals surface area contributed by atoms with Crippen LogP contribution in [0.15, 0.2) is 53.4 Å². The van der Waals surface area contributed by atoms with Crippen molar-refractivity contribution in [1.29, 1.82) is 0 Å². The molecule has 42 heavy (non-hydrogen) atoms. The second-order valence-electron chi connectivity index (χ2n) is 8.42. The summed E-state index contributed by atoms with van der Waals surface area (Å²) in [5.74, 6) is -3.44. The molecule has 1 aliphatic heterocycles. The van der Waals surface area contributed by atoms with E-state index in [1.54, 1.807) is 0 Å². The molecule has 17 heteroatoms. The quantitative estimate of drug-likeness (QED) is 0.186. The van der Waals surface area contributed by atoms with E-state index >= 15 is 0 Å². The fourth-order valence-electron chi connectivity index (χ4n) is 3.57. The number of amides is 2. The number of rotatable bonds is 6. The third-order valence-electron chi connectivity index (χ3n) is 5.44. The van der Waals surface area contributed by atoms with E-state index in [9.17, 15) is 45.8 Å². The molecule has 1 aliphatic rings. The van der Waals surface area contributed by atoms with Crippen molar-refractivity contribution in [2.75, 3.05) is 11.9 Å². The number of anilines is 1. The highest BCUT2D eigenvalue weighted by atomic mass is 32.2. The highest BCUT2D eigenvalue weighted by Crippen LogP contribution is 2.37. The third-order valence-corrected chi connectivity index (χ3v) is 6.82. The lowest BCUT2D eigenvalue weighted by Gasteiger charge is -2.14. The number of nitrogens with one attached hydrogen (secondary N) is 1. The molecule has 0 atom stereocenters. The standard InChI is InChI=1S/C25H14F6N4O5S2/c26-24(27,28)18-6-11(7-19(34-18)25(29,30)31)15-3-1-2-12(32-15)9-17-21(38)35(23(41)42-17)10-20(37)33-13-4-5-14(22(39)40)16(36)8-13/h1-9,36H,10H2,(H,33,37)(H,39,40)/b17-9-. The maximum Gasteiger partial charge on any atom is 0.433 e. The molecule has 3 aromatic rings. The van der Waals surface area contributed by atoms with E-state index in [4.69, 9.17) is 17.3 Å². The van der Waals surface area contributed by atoms with Gasteiger partial charge in [0.05, 0.1) is 16.3 Å². The second-order valence-corrected chi connectivity index (χ2v) is 10.1. The number of carboxylic acid groups (broad SMARTS) is 1. The lowest BCUT2D eigenvalue weighted by molar-refractivity contribution is -0.150. The van der Waals surface area contributed by atoms with Gasteiger partial charge in [-0.1, -0.05) is 30.0 Å². The van der Waals surface area contributed by atoms with Crippen molar-refractivity contribution in [2.45, 2.75) is 12.4 Å². The summed E-state index contributed by atoms with van der Waals surface area (Å²) in [6, 6.07) is 7.99. The number of thioether (sulfide) groups is 1. The predicted molar refractivity (Wildman–Crippen MR) is 141 cm³/mol. The molecule has 0 aliphatic carbocycles. The minimum Gasteiger partial charge on any atom is -0.507 e. The van der Waals surface area contributed by atoms with Crippen LogP contribution in [0.2, 0.25) is 0 Å². The second kappa shape index (κ2) is 11.4. The molecular formula is C25H14F6N4O5S2. The fraction of sp³-hybridized carbons (Fsp3) is 0.120. The molecule has 0 unspecified atom stereocenters. The van der Waals surface area contributed by atoms with Crippen molar-refractivity contribution >= 4 is 57.8 Å². The number of hydrogen-bond acceptors (Lipinski definition) is 8. The maximum absolute atomic E-state index is 13.2. The largest absolute Gasteiger partial charge is 0.507 e. The van der Waals surface area contributed by atoms with E-state index in [-0.39, 0.29) is 26.3 Å². The van der Waals surface area contributed by atoms with Gasteiger partial charge in [-0.3, -0.25) is 14.5 Å². The number of aromatic hydroxyl groups is 1. The van der Waals surface area contributed by atoms with Crippen molar-refractivity contribution in [3.63, 3.8) is 0 Å². The number of thiocarbonyl (C=S) groups is 1. The third kappa shape index (κ3) is 6.85. The molecule has 3 heterocycles. The molecule has 0 spiro atoms. The predicted octanol–water partition coefficient (Wildman–Crippen LogP) is 5.42. The summed E-state index contributed by atoms with van der Waals surface area (Å²) in [6.07, 6.45) is -9.10. The smallest absolute Gasteiger partial charge is 0.433 e. The molecular weight excluding hydrogens is 614 g/mol. The molecule has 9 nitrogen and oxygen atoms in total. The van der Waals surface area contributed by atoms with E-state index in [0.29, 0.717) is 12.1 Å². The zero-order valence-electron chi connectivity index (χ0n) is 20.4. The molecule has 0 saturated carbocycles. The van der Waals surface area contributed by atoms with Crippen molar-refractivity contribution in [3.8, 4) is 17.0 Å². The molecule has 1 aromatic carbocycles. The van der Waals surface area contributed by atoms with Crippen LogP contribution in [0.1, 0.15) is 27.4 Å². The lowest BCUT2D eigenvalue weighted by Crippen LogP contribution is -2.36. The fourth-order valence-corrected chi connectivity index (χ4v) is 4.81. The van der Waals surface area contributed by atoms with Crippen molar-refractivity contribution in [2.24, 2.45) is 0 Å². The van der Waals surface area contributed by atoms with Crippen LogP contribution >= 0.6 is 24.0 Å². The number of carbonyl (C=O) groups excluding carboxylic acids is 2. The maximum atomic E-state index is 13.2. The van der Waals surface area contributed by atoms with Gasteiger partial charge >= 0.3 is 18.3 Å². The van der Waals surface area contributed by atoms with Crippen LogP contribution in [0, 0.1) is 0 Å². The molecule has 0 bridgehead atoms. The highest BCUT2D eigenvalue weighted by molar-refractivity contribution is 8.26. The summed E-state index contributed by atoms with van der Waals surface area (Å²) < 4.78 is 79.3. The summed E-state index contributed by atoms with van der Waals surface area (Å²) in [5.41, 5.74) is -4.62. The van der Waals surface area contributed by atoms with Crippen LogP contribution in [0.25, 0.3) is 17.3 Å². The summed E-state index contributed by atoms with van der Waals surface area (Å²) >= 11 is 5.94. The Labute approximate surface area is 240 Å². The molecule has 1 saturated heterocycles. The number of pyridine rings is 2. The number of halogens is 6. The van der Waals surface area contributed by atoms with Gasteiger partial charge in [-0.05, 0) is 42.5 Å². The van der Waals surface area contributed by atoms with Gasteiger partial charge in [0.25, 0.3) is 5.91 Å². The van der Waals surface area contributed by atoms with E-state index in [1.165, 1.54) is 30.3 Å². The van der Waals surface area contributed by atoms with Crippen molar-refractivity contribution in [1.82, 2.24) is 14.9 Å². The lowest BCUT2D eigenvalue weighted by atomic mass is 10.1. The van der Waals surface area contributed by atoms with Crippen LogP contribution in [-0.2, 0) is 21.9 Å². The number of alkyl halides is 6. The highest BCUT2D eigenvalue weighted by Gasteiger charge is 2.39. The Bertz CT molecular complexity index is 1630. The Kier molecular flexibility index (Phi) is 8.27. The van der Waals surface area contributed by atoms with Gasteiger partial charge in [-0.25, -0.2) is 14.8 Å². The monoisotopic (exact) mass is 628 g/mol.